The lowest BCUT2D eigenvalue weighted by molar-refractivity contribution is -0.141. The van der Waals surface area contributed by atoms with Gasteiger partial charge in [0.25, 0.3) is 24.1 Å². The molecule has 1 aromatic carbocycles. The zero-order chi connectivity index (χ0) is 29.9. The van der Waals surface area contributed by atoms with Crippen LogP contribution in [-0.2, 0) is 20.6 Å². The summed E-state index contributed by atoms with van der Waals surface area (Å²) in [7, 11) is 0. The second-order valence-electron chi connectivity index (χ2n) is 9.64. The van der Waals surface area contributed by atoms with E-state index < -0.39 is 70.5 Å². The van der Waals surface area contributed by atoms with Crippen molar-refractivity contribution in [3.8, 4) is 0 Å². The first-order valence-electron chi connectivity index (χ1n) is 12.5. The zero-order valence-electron chi connectivity index (χ0n) is 21.2. The van der Waals surface area contributed by atoms with Gasteiger partial charge in [-0.25, -0.2) is 8.78 Å². The molecule has 1 aliphatic carbocycles. The topological polar surface area (TPSA) is 146 Å². The summed E-state index contributed by atoms with van der Waals surface area (Å²) in [6.45, 7) is 0.324. The number of rotatable bonds is 10. The third-order valence-electron chi connectivity index (χ3n) is 6.54. The fourth-order valence-corrected chi connectivity index (χ4v) is 4.18. The van der Waals surface area contributed by atoms with Crippen LogP contribution in [0, 0.1) is 5.92 Å². The number of halogens is 5. The molecular weight excluding hydrogens is 557 g/mol. The van der Waals surface area contributed by atoms with Crippen molar-refractivity contribution in [1.82, 2.24) is 20.9 Å². The van der Waals surface area contributed by atoms with Crippen molar-refractivity contribution >= 4 is 35.1 Å². The summed E-state index contributed by atoms with van der Waals surface area (Å²) >= 11 is 0. The summed E-state index contributed by atoms with van der Waals surface area (Å²) in [4.78, 5) is 66.8. The summed E-state index contributed by atoms with van der Waals surface area (Å²) in [5, 5.41) is 9.62. The number of aromatic nitrogens is 1. The van der Waals surface area contributed by atoms with Crippen molar-refractivity contribution in [2.45, 2.75) is 50.4 Å². The van der Waals surface area contributed by atoms with Gasteiger partial charge < -0.3 is 21.3 Å². The zero-order valence-corrected chi connectivity index (χ0v) is 21.2. The number of anilines is 1. The van der Waals surface area contributed by atoms with Crippen molar-refractivity contribution in [3.05, 3.63) is 58.9 Å². The van der Waals surface area contributed by atoms with E-state index >= 15 is 0 Å². The van der Waals surface area contributed by atoms with E-state index in [2.05, 4.69) is 26.3 Å². The SMILES string of the molecule is O=C(NC1CC1)C(=O)C(CC1CCNC1=O)NC(=O)c1cc(C(F)F)ccc1NC(=O)c1ccnc(C(F)(F)F)c1. The summed E-state index contributed by atoms with van der Waals surface area (Å²) < 4.78 is 66.1. The summed E-state index contributed by atoms with van der Waals surface area (Å²) in [6.07, 6.45) is -5.70. The van der Waals surface area contributed by atoms with Crippen molar-refractivity contribution in [1.29, 1.82) is 0 Å². The number of hydrogen-bond donors (Lipinski definition) is 4. The van der Waals surface area contributed by atoms with Crippen LogP contribution in [0.25, 0.3) is 0 Å². The highest BCUT2D eigenvalue weighted by atomic mass is 19.4. The minimum atomic E-state index is -4.84. The van der Waals surface area contributed by atoms with E-state index in [9.17, 15) is 45.9 Å². The van der Waals surface area contributed by atoms with Gasteiger partial charge in [0, 0.05) is 35.8 Å². The normalized spacial score (nSPS) is 17.5. The van der Waals surface area contributed by atoms with Crippen molar-refractivity contribution in [2.75, 3.05) is 11.9 Å². The molecule has 0 radical (unpaired) electrons. The van der Waals surface area contributed by atoms with Gasteiger partial charge in [-0.3, -0.25) is 29.0 Å². The van der Waals surface area contributed by atoms with E-state index in [1.165, 1.54) is 0 Å². The number of benzene rings is 1. The Labute approximate surface area is 229 Å². The Bertz CT molecular complexity index is 1380. The average Bonchev–Trinajstić information content (AvgIpc) is 3.65. The Morgan fingerprint density at radius 1 is 1.02 bits per heavy atom. The molecule has 0 bridgehead atoms. The molecule has 41 heavy (non-hydrogen) atoms. The van der Waals surface area contributed by atoms with Gasteiger partial charge in [0.15, 0.2) is 0 Å². The van der Waals surface area contributed by atoms with E-state index in [1.54, 1.807) is 0 Å². The lowest BCUT2D eigenvalue weighted by Gasteiger charge is -2.21. The van der Waals surface area contributed by atoms with Crippen LogP contribution in [0.4, 0.5) is 27.6 Å². The lowest BCUT2D eigenvalue weighted by Crippen LogP contribution is -2.49. The molecular formula is C26H24F5N5O5. The quantitative estimate of drug-likeness (QED) is 0.251. The maximum atomic E-state index is 13.5. The molecule has 4 N–H and O–H groups in total. The van der Waals surface area contributed by atoms with Gasteiger partial charge in [-0.15, -0.1) is 0 Å². The second kappa shape index (κ2) is 12.0. The molecule has 218 valence electrons. The van der Waals surface area contributed by atoms with Crippen molar-refractivity contribution in [3.63, 3.8) is 0 Å². The highest BCUT2D eigenvalue weighted by molar-refractivity contribution is 6.38. The molecule has 2 heterocycles. The molecule has 2 atom stereocenters. The molecule has 4 amide bonds. The lowest BCUT2D eigenvalue weighted by atomic mass is 9.95. The fourth-order valence-electron chi connectivity index (χ4n) is 4.18. The molecule has 1 saturated heterocycles. The van der Waals surface area contributed by atoms with Crippen LogP contribution in [0.1, 0.15) is 64.1 Å². The first-order chi connectivity index (χ1) is 19.3. The number of amides is 4. The number of nitrogens with one attached hydrogen (secondary N) is 4. The molecule has 1 aliphatic heterocycles. The maximum Gasteiger partial charge on any atom is 0.433 e. The molecule has 1 aromatic heterocycles. The summed E-state index contributed by atoms with van der Waals surface area (Å²) in [5.41, 5.74) is -3.35. The number of nitrogens with zero attached hydrogens (tertiary/aromatic N) is 1. The number of ketones is 1. The van der Waals surface area contributed by atoms with Gasteiger partial charge in [0.1, 0.15) is 5.69 Å². The largest absolute Gasteiger partial charge is 0.433 e. The van der Waals surface area contributed by atoms with Gasteiger partial charge in [0.05, 0.1) is 17.3 Å². The van der Waals surface area contributed by atoms with Crippen LogP contribution in [0.15, 0.2) is 36.5 Å². The third-order valence-corrected chi connectivity index (χ3v) is 6.54. The van der Waals surface area contributed by atoms with Gasteiger partial charge >= 0.3 is 6.18 Å². The van der Waals surface area contributed by atoms with Crippen LogP contribution < -0.4 is 21.3 Å². The van der Waals surface area contributed by atoms with Crippen LogP contribution in [0.2, 0.25) is 0 Å². The molecule has 4 rings (SSSR count). The second-order valence-corrected chi connectivity index (χ2v) is 9.64. The third kappa shape index (κ3) is 7.41. The molecule has 2 aromatic rings. The van der Waals surface area contributed by atoms with Crippen LogP contribution in [-0.4, -0.2) is 53.0 Å². The van der Waals surface area contributed by atoms with E-state index in [-0.39, 0.29) is 24.1 Å². The first-order valence-corrected chi connectivity index (χ1v) is 12.5. The average molecular weight is 581 g/mol. The fraction of sp³-hybridized carbons (Fsp3) is 0.385. The number of carbonyl (C=O) groups is 5. The number of hydrogen-bond acceptors (Lipinski definition) is 6. The molecule has 1 saturated carbocycles. The summed E-state index contributed by atoms with van der Waals surface area (Å²) in [5.74, 6) is -5.36. The van der Waals surface area contributed by atoms with Gasteiger partial charge in [0.2, 0.25) is 11.7 Å². The Morgan fingerprint density at radius 3 is 2.37 bits per heavy atom. The predicted octanol–water partition coefficient (Wildman–Crippen LogP) is 2.76. The Morgan fingerprint density at radius 2 is 1.76 bits per heavy atom. The van der Waals surface area contributed by atoms with Gasteiger partial charge in [-0.2, -0.15) is 13.2 Å². The number of carbonyl (C=O) groups excluding carboxylic acids is 5. The standard InChI is InChI=1S/C26H24F5N5O5/c27-21(28)12-1-4-17(35-23(39)14-5-7-32-19(11-14)26(29,30)31)16(9-12)24(40)36-18(10-13-6-8-33-22(13)38)20(37)25(41)34-15-2-3-15/h1,4-5,7,9,11,13,15,18,21H,2-3,6,8,10H2,(H,33,38)(H,34,41)(H,35,39)(H,36,40). The first kappa shape index (κ1) is 29.6. The Kier molecular flexibility index (Phi) is 8.63. The molecule has 2 unspecified atom stereocenters. The van der Waals surface area contributed by atoms with Gasteiger partial charge in [-0.1, -0.05) is 6.07 Å². The minimum absolute atomic E-state index is 0.187. The monoisotopic (exact) mass is 581 g/mol. The highest BCUT2D eigenvalue weighted by Gasteiger charge is 2.37. The number of Topliss-reactive ketones (excluding diaryl/α,β-unsaturated/α-hetero) is 1. The number of pyridine rings is 1. The Hall–Kier alpha value is -4.43. The molecule has 0 spiro atoms. The highest BCUT2D eigenvalue weighted by Crippen LogP contribution is 2.29. The molecule has 2 fully saturated rings. The molecule has 15 heteroatoms. The molecule has 10 nitrogen and oxygen atoms in total. The van der Waals surface area contributed by atoms with E-state index in [0.717, 1.165) is 30.5 Å². The maximum absolute atomic E-state index is 13.5. The van der Waals surface area contributed by atoms with E-state index in [4.69, 9.17) is 0 Å². The van der Waals surface area contributed by atoms with Gasteiger partial charge in [-0.05, 0) is 49.9 Å². The van der Waals surface area contributed by atoms with Crippen LogP contribution >= 0.6 is 0 Å². The van der Waals surface area contributed by atoms with Crippen LogP contribution in [0.3, 0.4) is 0 Å². The van der Waals surface area contributed by atoms with Crippen molar-refractivity contribution in [2.24, 2.45) is 5.92 Å². The minimum Gasteiger partial charge on any atom is -0.356 e. The van der Waals surface area contributed by atoms with E-state index in [0.29, 0.717) is 31.9 Å². The smallest absolute Gasteiger partial charge is 0.356 e. The van der Waals surface area contributed by atoms with Crippen molar-refractivity contribution < 1.29 is 45.9 Å². The predicted molar refractivity (Wildman–Crippen MR) is 132 cm³/mol. The summed E-state index contributed by atoms with van der Waals surface area (Å²) in [6, 6.07) is 2.37. The van der Waals surface area contributed by atoms with E-state index in [1.807, 2.05) is 0 Å². The number of alkyl halides is 5. The Balaban J connectivity index is 1.61. The van der Waals surface area contributed by atoms with Crippen LogP contribution in [0.5, 0.6) is 0 Å². The molecule has 2 aliphatic rings.